The van der Waals surface area contributed by atoms with Crippen LogP contribution in [0.25, 0.3) is 0 Å². The zero-order valence-electron chi connectivity index (χ0n) is 16.5. The maximum atomic E-state index is 4.78. The molecule has 5 nitrogen and oxygen atoms in total. The van der Waals surface area contributed by atoms with Gasteiger partial charge in [-0.3, -0.25) is 4.99 Å². The molecular formula is C19H36IN5S. The van der Waals surface area contributed by atoms with E-state index >= 15 is 0 Å². The zero-order valence-corrected chi connectivity index (χ0v) is 19.7. The molecule has 1 aromatic rings. The van der Waals surface area contributed by atoms with Gasteiger partial charge >= 0.3 is 0 Å². The largest absolute Gasteiger partial charge is 0.357 e. The molecule has 1 fully saturated rings. The second-order valence-electron chi connectivity index (χ2n) is 6.72. The number of imidazole rings is 1. The highest BCUT2D eigenvalue weighted by molar-refractivity contribution is 14.0. The van der Waals surface area contributed by atoms with E-state index in [1.54, 1.807) is 0 Å². The van der Waals surface area contributed by atoms with Crippen molar-refractivity contribution in [3.05, 3.63) is 18.2 Å². The molecular weight excluding hydrogens is 457 g/mol. The van der Waals surface area contributed by atoms with Gasteiger partial charge in [0.05, 0.1) is 0 Å². The lowest BCUT2D eigenvalue weighted by Crippen LogP contribution is -2.45. The highest BCUT2D eigenvalue weighted by Crippen LogP contribution is 2.28. The summed E-state index contributed by atoms with van der Waals surface area (Å²) in [7, 11) is 0. The molecule has 2 rings (SSSR count). The molecule has 0 bridgehead atoms. The summed E-state index contributed by atoms with van der Waals surface area (Å²) in [4.78, 5) is 9.05. The van der Waals surface area contributed by atoms with Crippen LogP contribution in [0.5, 0.6) is 0 Å². The van der Waals surface area contributed by atoms with Crippen LogP contribution >= 0.6 is 35.7 Å². The van der Waals surface area contributed by atoms with Gasteiger partial charge in [0.25, 0.3) is 0 Å². The molecule has 0 saturated heterocycles. The number of nitrogens with one attached hydrogen (secondary N) is 2. The summed E-state index contributed by atoms with van der Waals surface area (Å²) < 4.78 is 2.21. The van der Waals surface area contributed by atoms with Crippen LogP contribution in [0.2, 0.25) is 0 Å². The fourth-order valence-electron chi connectivity index (χ4n) is 3.40. The Morgan fingerprint density at radius 1 is 1.35 bits per heavy atom. The molecule has 0 amide bonds. The summed E-state index contributed by atoms with van der Waals surface area (Å²) in [6.45, 7) is 9.28. The first kappa shape index (κ1) is 23.6. The van der Waals surface area contributed by atoms with Gasteiger partial charge in [0.15, 0.2) is 5.96 Å². The van der Waals surface area contributed by atoms with E-state index < -0.39 is 0 Å². The second kappa shape index (κ2) is 13.7. The molecule has 0 spiro atoms. The molecule has 1 aliphatic rings. The molecule has 7 heteroatoms. The number of halogens is 1. The maximum absolute atomic E-state index is 4.78. The number of aryl methyl sites for hydroxylation is 2. The smallest absolute Gasteiger partial charge is 0.191 e. The van der Waals surface area contributed by atoms with Crippen molar-refractivity contribution in [1.29, 1.82) is 0 Å². The molecule has 2 N–H and O–H groups in total. The van der Waals surface area contributed by atoms with Gasteiger partial charge in [-0.15, -0.1) is 24.0 Å². The fourth-order valence-corrected chi connectivity index (χ4v) is 4.57. The number of guanidine groups is 1. The second-order valence-corrected chi connectivity index (χ2v) is 8.30. The number of aliphatic imine (C=N–C) groups is 1. The SMILES string of the molecule is CCNC(=NCCCCn1ccnc1C)NC1CCCC(SCC)C1.I. The van der Waals surface area contributed by atoms with Gasteiger partial charge in [0.1, 0.15) is 5.82 Å². The lowest BCUT2D eigenvalue weighted by atomic mass is 9.95. The topological polar surface area (TPSA) is 54.2 Å². The van der Waals surface area contributed by atoms with E-state index in [9.17, 15) is 0 Å². The average molecular weight is 494 g/mol. The van der Waals surface area contributed by atoms with Gasteiger partial charge in [0.2, 0.25) is 0 Å². The fraction of sp³-hybridized carbons (Fsp3) is 0.789. The molecule has 0 aliphatic heterocycles. The Bertz CT molecular complexity index is 518. The molecule has 0 radical (unpaired) electrons. The average Bonchev–Trinajstić information content (AvgIpc) is 3.00. The zero-order chi connectivity index (χ0) is 17.9. The lowest BCUT2D eigenvalue weighted by Gasteiger charge is -2.30. The third-order valence-corrected chi connectivity index (χ3v) is 5.95. The Morgan fingerprint density at radius 3 is 2.88 bits per heavy atom. The molecule has 150 valence electrons. The summed E-state index contributed by atoms with van der Waals surface area (Å²) in [5.41, 5.74) is 0. The summed E-state index contributed by atoms with van der Waals surface area (Å²) in [5, 5.41) is 7.89. The molecule has 1 heterocycles. The summed E-state index contributed by atoms with van der Waals surface area (Å²) in [5.74, 6) is 3.31. The molecule has 1 aromatic heterocycles. The Kier molecular flexibility index (Phi) is 12.4. The summed E-state index contributed by atoms with van der Waals surface area (Å²) in [6.07, 6.45) is 11.4. The number of rotatable bonds is 9. The van der Waals surface area contributed by atoms with Crippen molar-refractivity contribution in [3.8, 4) is 0 Å². The van der Waals surface area contributed by atoms with Crippen LogP contribution in [0.4, 0.5) is 0 Å². The third-order valence-electron chi connectivity index (χ3n) is 4.71. The van der Waals surface area contributed by atoms with Crippen molar-refractivity contribution in [3.63, 3.8) is 0 Å². The van der Waals surface area contributed by atoms with E-state index in [1.165, 1.54) is 31.4 Å². The van der Waals surface area contributed by atoms with E-state index in [-0.39, 0.29) is 24.0 Å². The molecule has 0 aromatic carbocycles. The number of hydrogen-bond donors (Lipinski definition) is 2. The standard InChI is InChI=1S/C19H35N5S.HI/c1-4-20-19(23-17-9-8-10-18(15-17)25-5-2)22-11-6-7-13-24-14-12-21-16(24)3;/h12,14,17-18H,4-11,13,15H2,1-3H3,(H2,20,22,23);1H. The van der Waals surface area contributed by atoms with Crippen LogP contribution in [-0.2, 0) is 6.54 Å². The molecule has 2 unspecified atom stereocenters. The van der Waals surface area contributed by atoms with Crippen LogP contribution in [-0.4, -0.2) is 45.6 Å². The number of nitrogens with zero attached hydrogens (tertiary/aromatic N) is 3. The van der Waals surface area contributed by atoms with Crippen LogP contribution < -0.4 is 10.6 Å². The Balaban J connectivity index is 0.00000338. The number of thioether (sulfide) groups is 1. The van der Waals surface area contributed by atoms with E-state index in [0.717, 1.165) is 49.5 Å². The quantitative estimate of drug-likeness (QED) is 0.234. The van der Waals surface area contributed by atoms with Gasteiger partial charge in [-0.1, -0.05) is 13.3 Å². The van der Waals surface area contributed by atoms with Crippen LogP contribution in [0.3, 0.4) is 0 Å². The predicted molar refractivity (Wildman–Crippen MR) is 125 cm³/mol. The van der Waals surface area contributed by atoms with E-state index in [1.807, 2.05) is 6.20 Å². The Labute approximate surface area is 180 Å². The van der Waals surface area contributed by atoms with Gasteiger partial charge in [-0.25, -0.2) is 4.98 Å². The number of unbranched alkanes of at least 4 members (excludes halogenated alkanes) is 1. The first-order valence-electron chi connectivity index (χ1n) is 9.87. The predicted octanol–water partition coefficient (Wildman–Crippen LogP) is 4.21. The first-order chi connectivity index (χ1) is 12.2. The van der Waals surface area contributed by atoms with Gasteiger partial charge < -0.3 is 15.2 Å². The molecule has 1 aliphatic carbocycles. The van der Waals surface area contributed by atoms with Gasteiger partial charge in [-0.05, 0) is 51.7 Å². The monoisotopic (exact) mass is 493 g/mol. The normalized spacial score (nSPS) is 20.5. The summed E-state index contributed by atoms with van der Waals surface area (Å²) >= 11 is 2.11. The minimum Gasteiger partial charge on any atom is -0.357 e. The van der Waals surface area contributed by atoms with E-state index in [0.29, 0.717) is 6.04 Å². The first-order valence-corrected chi connectivity index (χ1v) is 10.9. The van der Waals surface area contributed by atoms with Crippen LogP contribution in [0.15, 0.2) is 17.4 Å². The van der Waals surface area contributed by atoms with Crippen LogP contribution in [0, 0.1) is 6.92 Å². The van der Waals surface area contributed by atoms with Crippen molar-refractivity contribution in [2.75, 3.05) is 18.8 Å². The van der Waals surface area contributed by atoms with Gasteiger partial charge in [-0.2, -0.15) is 11.8 Å². The van der Waals surface area contributed by atoms with Crippen molar-refractivity contribution < 1.29 is 0 Å². The van der Waals surface area contributed by atoms with E-state index in [2.05, 4.69) is 58.9 Å². The van der Waals surface area contributed by atoms with Gasteiger partial charge in [0, 0.05) is 43.3 Å². The minimum absolute atomic E-state index is 0. The van der Waals surface area contributed by atoms with Crippen molar-refractivity contribution in [1.82, 2.24) is 20.2 Å². The lowest BCUT2D eigenvalue weighted by molar-refractivity contribution is 0.418. The third kappa shape index (κ3) is 8.50. The summed E-state index contributed by atoms with van der Waals surface area (Å²) in [6, 6.07) is 0.573. The van der Waals surface area contributed by atoms with Crippen molar-refractivity contribution in [2.24, 2.45) is 4.99 Å². The Hall–Kier alpha value is -0.440. The van der Waals surface area contributed by atoms with Crippen molar-refractivity contribution >= 4 is 41.7 Å². The van der Waals surface area contributed by atoms with E-state index in [4.69, 9.17) is 4.99 Å². The van der Waals surface area contributed by atoms with Crippen molar-refractivity contribution in [2.45, 2.75) is 77.1 Å². The van der Waals surface area contributed by atoms with Crippen LogP contribution in [0.1, 0.15) is 58.2 Å². The molecule has 2 atom stereocenters. The number of hydrogen-bond acceptors (Lipinski definition) is 3. The molecule has 26 heavy (non-hydrogen) atoms. The Morgan fingerprint density at radius 2 is 2.19 bits per heavy atom. The highest BCUT2D eigenvalue weighted by Gasteiger charge is 2.22. The minimum atomic E-state index is 0. The highest BCUT2D eigenvalue weighted by atomic mass is 127. The number of aromatic nitrogens is 2. The maximum Gasteiger partial charge on any atom is 0.191 e. The molecule has 1 saturated carbocycles.